The Morgan fingerprint density at radius 2 is 2.06 bits per heavy atom. The van der Waals surface area contributed by atoms with E-state index in [1.54, 1.807) is 0 Å². The van der Waals surface area contributed by atoms with Crippen LogP contribution in [0.15, 0.2) is 24.3 Å². The van der Waals surface area contributed by atoms with Gasteiger partial charge in [0.25, 0.3) is 0 Å². The molecular weight excluding hydrogens is 206 g/mol. The van der Waals surface area contributed by atoms with Crippen molar-refractivity contribution >= 4 is 6.09 Å². The van der Waals surface area contributed by atoms with Crippen molar-refractivity contribution in [2.45, 2.75) is 26.6 Å². The molecule has 0 radical (unpaired) electrons. The number of hydrogen-bond donors (Lipinski definition) is 2. The predicted molar refractivity (Wildman–Crippen MR) is 60.6 cm³/mol. The lowest BCUT2D eigenvalue weighted by molar-refractivity contribution is 0.120. The standard InChI is InChI=1S/C12H17NO3/c1-8(2)11(14)10-6-4-3-5-9(10)7-16-12(13)15/h3-6,8,11,14H,7H2,1-2H3,(H2,13,15). The summed E-state index contributed by atoms with van der Waals surface area (Å²) in [6, 6.07) is 7.30. The topological polar surface area (TPSA) is 72.6 Å². The number of amides is 1. The van der Waals surface area contributed by atoms with Crippen molar-refractivity contribution < 1.29 is 14.6 Å². The number of nitrogens with two attached hydrogens (primary N) is 1. The first-order valence-electron chi connectivity index (χ1n) is 5.20. The van der Waals surface area contributed by atoms with Crippen LogP contribution in [-0.2, 0) is 11.3 Å². The van der Waals surface area contributed by atoms with Gasteiger partial charge in [0, 0.05) is 0 Å². The van der Waals surface area contributed by atoms with Gasteiger partial charge in [-0.25, -0.2) is 4.79 Å². The summed E-state index contributed by atoms with van der Waals surface area (Å²) in [7, 11) is 0. The number of carbonyl (C=O) groups excluding carboxylic acids is 1. The van der Waals surface area contributed by atoms with E-state index in [2.05, 4.69) is 0 Å². The van der Waals surface area contributed by atoms with Crippen LogP contribution in [0.25, 0.3) is 0 Å². The Hall–Kier alpha value is -1.55. The number of aliphatic hydroxyl groups excluding tert-OH is 1. The van der Waals surface area contributed by atoms with Crippen molar-refractivity contribution in [1.29, 1.82) is 0 Å². The maximum Gasteiger partial charge on any atom is 0.404 e. The van der Waals surface area contributed by atoms with E-state index in [1.807, 2.05) is 38.1 Å². The highest BCUT2D eigenvalue weighted by atomic mass is 16.5. The van der Waals surface area contributed by atoms with Gasteiger partial charge < -0.3 is 15.6 Å². The summed E-state index contributed by atoms with van der Waals surface area (Å²) in [5.74, 6) is 0.106. The number of carbonyl (C=O) groups is 1. The van der Waals surface area contributed by atoms with Gasteiger partial charge in [0.2, 0.25) is 0 Å². The van der Waals surface area contributed by atoms with Gasteiger partial charge in [0.05, 0.1) is 6.10 Å². The number of primary amides is 1. The molecule has 4 heteroatoms. The zero-order valence-electron chi connectivity index (χ0n) is 9.51. The minimum absolute atomic E-state index is 0.0925. The lowest BCUT2D eigenvalue weighted by Crippen LogP contribution is -2.15. The van der Waals surface area contributed by atoms with Gasteiger partial charge in [0.1, 0.15) is 6.61 Å². The number of benzene rings is 1. The predicted octanol–water partition coefficient (Wildman–Crippen LogP) is 1.97. The van der Waals surface area contributed by atoms with Gasteiger partial charge in [-0.3, -0.25) is 0 Å². The van der Waals surface area contributed by atoms with E-state index in [4.69, 9.17) is 10.5 Å². The summed E-state index contributed by atoms with van der Waals surface area (Å²) in [6.45, 7) is 3.95. The number of rotatable bonds is 4. The molecule has 0 aliphatic rings. The average molecular weight is 223 g/mol. The Balaban J connectivity index is 2.87. The Morgan fingerprint density at radius 1 is 1.44 bits per heavy atom. The van der Waals surface area contributed by atoms with Crippen LogP contribution in [-0.4, -0.2) is 11.2 Å². The van der Waals surface area contributed by atoms with E-state index in [1.165, 1.54) is 0 Å². The molecule has 4 nitrogen and oxygen atoms in total. The van der Waals surface area contributed by atoms with Gasteiger partial charge in [-0.1, -0.05) is 38.1 Å². The smallest absolute Gasteiger partial charge is 0.404 e. The van der Waals surface area contributed by atoms with Crippen molar-refractivity contribution in [3.63, 3.8) is 0 Å². The molecule has 0 spiro atoms. The molecule has 1 rings (SSSR count). The van der Waals surface area contributed by atoms with Crippen molar-refractivity contribution in [2.75, 3.05) is 0 Å². The van der Waals surface area contributed by atoms with Gasteiger partial charge in [-0.15, -0.1) is 0 Å². The molecule has 88 valence electrons. The Labute approximate surface area is 95.0 Å². The van der Waals surface area contributed by atoms with Crippen LogP contribution in [0.5, 0.6) is 0 Å². The van der Waals surface area contributed by atoms with Crippen molar-refractivity contribution in [3.05, 3.63) is 35.4 Å². The molecule has 0 saturated carbocycles. The normalized spacial score (nSPS) is 12.5. The lowest BCUT2D eigenvalue weighted by atomic mass is 9.95. The molecule has 1 amide bonds. The first-order chi connectivity index (χ1) is 7.52. The van der Waals surface area contributed by atoms with E-state index in [9.17, 15) is 9.90 Å². The molecule has 1 unspecified atom stereocenters. The summed E-state index contributed by atoms with van der Waals surface area (Å²) in [5.41, 5.74) is 6.46. The van der Waals surface area contributed by atoms with Crippen LogP contribution >= 0.6 is 0 Å². The van der Waals surface area contributed by atoms with Crippen LogP contribution in [0.4, 0.5) is 4.79 Å². The Kier molecular flexibility index (Phi) is 4.31. The van der Waals surface area contributed by atoms with Crippen LogP contribution in [0.1, 0.15) is 31.1 Å². The fourth-order valence-corrected chi connectivity index (χ4v) is 1.46. The summed E-state index contributed by atoms with van der Waals surface area (Å²) in [4.78, 5) is 10.5. The fraction of sp³-hybridized carbons (Fsp3) is 0.417. The zero-order valence-corrected chi connectivity index (χ0v) is 9.51. The molecule has 0 heterocycles. The van der Waals surface area contributed by atoms with Gasteiger partial charge in [-0.2, -0.15) is 0 Å². The zero-order chi connectivity index (χ0) is 12.1. The molecule has 1 aromatic carbocycles. The van der Waals surface area contributed by atoms with Crippen molar-refractivity contribution in [3.8, 4) is 0 Å². The first-order valence-corrected chi connectivity index (χ1v) is 5.20. The van der Waals surface area contributed by atoms with Crippen LogP contribution < -0.4 is 5.73 Å². The van der Waals surface area contributed by atoms with Gasteiger partial charge in [-0.05, 0) is 17.0 Å². The maximum absolute atomic E-state index is 10.5. The quantitative estimate of drug-likeness (QED) is 0.819. The minimum Gasteiger partial charge on any atom is -0.445 e. The fourth-order valence-electron chi connectivity index (χ4n) is 1.46. The number of aliphatic hydroxyl groups is 1. The summed E-state index contributed by atoms with van der Waals surface area (Å²) in [6.07, 6.45) is -1.37. The third-order valence-electron chi connectivity index (χ3n) is 2.38. The second kappa shape index (κ2) is 5.51. The third-order valence-corrected chi connectivity index (χ3v) is 2.38. The molecule has 0 aliphatic carbocycles. The molecule has 0 bridgehead atoms. The van der Waals surface area contributed by atoms with Crippen molar-refractivity contribution in [1.82, 2.24) is 0 Å². The highest BCUT2D eigenvalue weighted by molar-refractivity contribution is 5.64. The number of ether oxygens (including phenoxy) is 1. The maximum atomic E-state index is 10.5. The summed E-state index contributed by atoms with van der Waals surface area (Å²) < 4.78 is 4.73. The van der Waals surface area contributed by atoms with Crippen molar-refractivity contribution in [2.24, 2.45) is 11.7 Å². The molecule has 1 aromatic rings. The highest BCUT2D eigenvalue weighted by Crippen LogP contribution is 2.24. The van der Waals surface area contributed by atoms with Gasteiger partial charge >= 0.3 is 6.09 Å². The van der Waals surface area contributed by atoms with E-state index in [-0.39, 0.29) is 12.5 Å². The molecule has 0 aliphatic heterocycles. The van der Waals surface area contributed by atoms with Gasteiger partial charge in [0.15, 0.2) is 0 Å². The second-order valence-electron chi connectivity index (χ2n) is 4.00. The van der Waals surface area contributed by atoms with E-state index >= 15 is 0 Å². The SMILES string of the molecule is CC(C)C(O)c1ccccc1COC(N)=O. The highest BCUT2D eigenvalue weighted by Gasteiger charge is 2.15. The molecule has 0 fully saturated rings. The summed E-state index contributed by atoms with van der Waals surface area (Å²) >= 11 is 0. The second-order valence-corrected chi connectivity index (χ2v) is 4.00. The number of hydrogen-bond acceptors (Lipinski definition) is 3. The molecular formula is C12H17NO3. The largest absolute Gasteiger partial charge is 0.445 e. The monoisotopic (exact) mass is 223 g/mol. The Bertz CT molecular complexity index is 363. The Morgan fingerprint density at radius 3 is 2.62 bits per heavy atom. The van der Waals surface area contributed by atoms with Crippen LogP contribution in [0, 0.1) is 5.92 Å². The van der Waals surface area contributed by atoms with E-state index in [0.29, 0.717) is 0 Å². The van der Waals surface area contributed by atoms with Crippen LogP contribution in [0.3, 0.4) is 0 Å². The first kappa shape index (κ1) is 12.5. The minimum atomic E-state index is -0.811. The molecule has 1 atom stereocenters. The average Bonchev–Trinajstić information content (AvgIpc) is 2.25. The molecule has 0 aromatic heterocycles. The summed E-state index contributed by atoms with van der Waals surface area (Å²) in [5, 5.41) is 9.97. The van der Waals surface area contributed by atoms with Crippen LogP contribution in [0.2, 0.25) is 0 Å². The van der Waals surface area contributed by atoms with E-state index < -0.39 is 12.2 Å². The van der Waals surface area contributed by atoms with E-state index in [0.717, 1.165) is 11.1 Å². The molecule has 0 saturated heterocycles. The third kappa shape index (κ3) is 3.24. The lowest BCUT2D eigenvalue weighted by Gasteiger charge is -2.18. The molecule has 16 heavy (non-hydrogen) atoms. The molecule has 3 N–H and O–H groups in total.